The lowest BCUT2D eigenvalue weighted by atomic mass is 9.89. The molecule has 5 heteroatoms. The lowest BCUT2D eigenvalue weighted by molar-refractivity contribution is 0.148. The lowest BCUT2D eigenvalue weighted by Gasteiger charge is -2.23. The van der Waals surface area contributed by atoms with Crippen LogP contribution in [0, 0.1) is 5.41 Å². The quantitative estimate of drug-likeness (QED) is 0.631. The Morgan fingerprint density at radius 3 is 2.68 bits per heavy atom. The van der Waals surface area contributed by atoms with Crippen molar-refractivity contribution in [1.82, 2.24) is 15.5 Å². The van der Waals surface area contributed by atoms with Crippen molar-refractivity contribution in [2.75, 3.05) is 26.2 Å². The molecule has 0 spiro atoms. The summed E-state index contributed by atoms with van der Waals surface area (Å²) in [5.74, 6) is 0. The molecule has 1 saturated carbocycles. The summed E-state index contributed by atoms with van der Waals surface area (Å²) in [7, 11) is 0. The van der Waals surface area contributed by atoms with Gasteiger partial charge in [0, 0.05) is 38.3 Å². The summed E-state index contributed by atoms with van der Waals surface area (Å²) in [6.45, 7) is 7.09. The zero-order valence-electron chi connectivity index (χ0n) is 14.2. The lowest BCUT2D eigenvalue weighted by Crippen LogP contribution is -2.44. The normalized spacial score (nSPS) is 23.9. The number of aliphatic hydroxyl groups excluding tert-OH is 1. The fraction of sp³-hybridized carbons (Fsp3) is 0.941. The van der Waals surface area contributed by atoms with E-state index in [9.17, 15) is 9.90 Å². The van der Waals surface area contributed by atoms with Crippen LogP contribution in [0.5, 0.6) is 0 Å². The van der Waals surface area contributed by atoms with Crippen LogP contribution in [0.15, 0.2) is 0 Å². The van der Waals surface area contributed by atoms with E-state index in [1.165, 1.54) is 25.7 Å². The molecule has 1 atom stereocenters. The first kappa shape index (κ1) is 17.5. The number of nitrogens with one attached hydrogen (secondary N) is 2. The summed E-state index contributed by atoms with van der Waals surface area (Å²) in [5, 5.41) is 15.2. The summed E-state index contributed by atoms with van der Waals surface area (Å²) < 4.78 is 0. The van der Waals surface area contributed by atoms with E-state index in [1.54, 1.807) is 0 Å². The fourth-order valence-corrected chi connectivity index (χ4v) is 3.59. The number of urea groups is 1. The van der Waals surface area contributed by atoms with Crippen molar-refractivity contribution in [2.45, 2.75) is 70.9 Å². The number of carbonyl (C=O) groups excluding carboxylic acids is 1. The monoisotopic (exact) mass is 311 g/mol. The van der Waals surface area contributed by atoms with E-state index >= 15 is 0 Å². The molecule has 2 fully saturated rings. The molecule has 1 unspecified atom stereocenters. The Morgan fingerprint density at radius 1 is 1.27 bits per heavy atom. The molecule has 2 rings (SSSR count). The first-order valence-electron chi connectivity index (χ1n) is 8.89. The third kappa shape index (κ3) is 5.43. The van der Waals surface area contributed by atoms with Gasteiger partial charge in [-0.1, -0.05) is 26.7 Å². The van der Waals surface area contributed by atoms with Gasteiger partial charge in [-0.2, -0.15) is 0 Å². The number of carbonyl (C=O) groups is 1. The highest BCUT2D eigenvalue weighted by Crippen LogP contribution is 2.26. The molecule has 1 aliphatic carbocycles. The highest BCUT2D eigenvalue weighted by atomic mass is 16.3. The standard InChI is InChI=1S/C17H33N3O2/c1-17(2,13-21)9-5-10-18-16(22)19-14-8-11-20(12-14)15-6-3-4-7-15/h14-15,21H,3-13H2,1-2H3,(H2,18,19,22). The maximum Gasteiger partial charge on any atom is 0.315 e. The van der Waals surface area contributed by atoms with Crippen molar-refractivity contribution in [3.05, 3.63) is 0 Å². The van der Waals surface area contributed by atoms with E-state index in [1.807, 2.05) is 13.8 Å². The molecule has 0 aromatic heterocycles. The smallest absolute Gasteiger partial charge is 0.315 e. The first-order valence-corrected chi connectivity index (χ1v) is 8.89. The summed E-state index contributed by atoms with van der Waals surface area (Å²) in [5.41, 5.74) is -0.0502. The molecule has 1 saturated heterocycles. The van der Waals surface area contributed by atoms with Gasteiger partial charge in [-0.15, -0.1) is 0 Å². The Balaban J connectivity index is 1.57. The molecule has 128 valence electrons. The number of hydrogen-bond donors (Lipinski definition) is 3. The number of hydrogen-bond acceptors (Lipinski definition) is 3. The van der Waals surface area contributed by atoms with E-state index in [2.05, 4.69) is 15.5 Å². The molecular formula is C17H33N3O2. The Morgan fingerprint density at radius 2 is 2.00 bits per heavy atom. The molecule has 3 N–H and O–H groups in total. The molecule has 22 heavy (non-hydrogen) atoms. The Labute approximate surface area is 134 Å². The highest BCUT2D eigenvalue weighted by molar-refractivity contribution is 5.74. The van der Waals surface area contributed by atoms with Crippen LogP contribution in [0.1, 0.15) is 58.8 Å². The summed E-state index contributed by atoms with van der Waals surface area (Å²) >= 11 is 0. The van der Waals surface area contributed by atoms with Gasteiger partial charge in [0.1, 0.15) is 0 Å². The predicted octanol–water partition coefficient (Wildman–Crippen LogP) is 2.10. The van der Waals surface area contributed by atoms with Gasteiger partial charge < -0.3 is 15.7 Å². The van der Waals surface area contributed by atoms with E-state index in [-0.39, 0.29) is 18.1 Å². The van der Waals surface area contributed by atoms with Crippen molar-refractivity contribution in [3.63, 3.8) is 0 Å². The average molecular weight is 311 g/mol. The second-order valence-corrected chi connectivity index (χ2v) is 7.74. The van der Waals surface area contributed by atoms with Crippen molar-refractivity contribution in [1.29, 1.82) is 0 Å². The van der Waals surface area contributed by atoms with Gasteiger partial charge in [0.2, 0.25) is 0 Å². The van der Waals surface area contributed by atoms with Crippen LogP contribution in [0.25, 0.3) is 0 Å². The third-order valence-electron chi connectivity index (χ3n) is 5.14. The van der Waals surface area contributed by atoms with Gasteiger partial charge in [0.25, 0.3) is 0 Å². The molecule has 0 aromatic carbocycles. The molecule has 5 nitrogen and oxygen atoms in total. The van der Waals surface area contributed by atoms with Crippen molar-refractivity contribution in [3.8, 4) is 0 Å². The summed E-state index contributed by atoms with van der Waals surface area (Å²) in [6, 6.07) is 1.02. The second kappa shape index (κ2) is 8.16. The van der Waals surface area contributed by atoms with Gasteiger partial charge in [0.15, 0.2) is 0 Å². The molecule has 1 heterocycles. The van der Waals surface area contributed by atoms with E-state index in [4.69, 9.17) is 0 Å². The van der Waals surface area contributed by atoms with Crippen LogP contribution in [0.3, 0.4) is 0 Å². The van der Waals surface area contributed by atoms with Crippen LogP contribution < -0.4 is 10.6 Å². The number of aliphatic hydroxyl groups is 1. The zero-order valence-corrected chi connectivity index (χ0v) is 14.2. The third-order valence-corrected chi connectivity index (χ3v) is 5.14. The minimum Gasteiger partial charge on any atom is -0.396 e. The fourth-order valence-electron chi connectivity index (χ4n) is 3.59. The topological polar surface area (TPSA) is 64.6 Å². The minimum atomic E-state index is -0.0502. The first-order chi connectivity index (χ1) is 10.5. The minimum absolute atomic E-state index is 0.0416. The largest absolute Gasteiger partial charge is 0.396 e. The van der Waals surface area contributed by atoms with Gasteiger partial charge in [-0.05, 0) is 37.5 Å². The zero-order chi connectivity index (χ0) is 16.0. The second-order valence-electron chi connectivity index (χ2n) is 7.74. The Hall–Kier alpha value is -0.810. The number of likely N-dealkylation sites (tertiary alicyclic amines) is 1. The van der Waals surface area contributed by atoms with Crippen LogP contribution in [-0.2, 0) is 0 Å². The molecule has 0 aromatic rings. The molecule has 2 aliphatic rings. The molecule has 2 amide bonds. The average Bonchev–Trinajstić information content (AvgIpc) is 3.14. The predicted molar refractivity (Wildman–Crippen MR) is 88.9 cm³/mol. The van der Waals surface area contributed by atoms with E-state index in [0.717, 1.165) is 38.4 Å². The molecular weight excluding hydrogens is 278 g/mol. The Bertz CT molecular complexity index is 354. The molecule has 0 radical (unpaired) electrons. The molecule has 1 aliphatic heterocycles. The van der Waals surface area contributed by atoms with Crippen LogP contribution >= 0.6 is 0 Å². The maximum absolute atomic E-state index is 11.9. The maximum atomic E-state index is 11.9. The summed E-state index contributed by atoms with van der Waals surface area (Å²) in [4.78, 5) is 14.5. The van der Waals surface area contributed by atoms with Crippen LogP contribution in [-0.4, -0.2) is 54.4 Å². The van der Waals surface area contributed by atoms with Crippen molar-refractivity contribution in [2.24, 2.45) is 5.41 Å². The number of rotatable bonds is 7. The Kier molecular flexibility index (Phi) is 6.50. The van der Waals surface area contributed by atoms with E-state index < -0.39 is 0 Å². The van der Waals surface area contributed by atoms with Crippen LogP contribution in [0.2, 0.25) is 0 Å². The van der Waals surface area contributed by atoms with Gasteiger partial charge in [0.05, 0.1) is 0 Å². The summed E-state index contributed by atoms with van der Waals surface area (Å²) in [6.07, 6.45) is 8.29. The van der Waals surface area contributed by atoms with Gasteiger partial charge in [-0.3, -0.25) is 4.90 Å². The van der Waals surface area contributed by atoms with Crippen LogP contribution in [0.4, 0.5) is 4.79 Å². The number of amides is 2. The van der Waals surface area contributed by atoms with Gasteiger partial charge in [-0.25, -0.2) is 4.79 Å². The number of nitrogens with zero attached hydrogens (tertiary/aromatic N) is 1. The van der Waals surface area contributed by atoms with Gasteiger partial charge >= 0.3 is 6.03 Å². The van der Waals surface area contributed by atoms with Crippen molar-refractivity contribution >= 4 is 6.03 Å². The highest BCUT2D eigenvalue weighted by Gasteiger charge is 2.30. The molecule has 0 bridgehead atoms. The SMILES string of the molecule is CC(C)(CO)CCCNC(=O)NC1CCN(C2CCCC2)C1. The van der Waals surface area contributed by atoms with E-state index in [0.29, 0.717) is 12.6 Å². The van der Waals surface area contributed by atoms with Crippen molar-refractivity contribution < 1.29 is 9.90 Å².